The van der Waals surface area contributed by atoms with Crippen molar-refractivity contribution in [3.8, 4) is 46.1 Å². The first-order valence-corrected chi connectivity index (χ1v) is 9.48. The Morgan fingerprint density at radius 3 is 2.41 bits per heavy atom. The first kappa shape index (κ1) is 20.7. The Labute approximate surface area is 183 Å². The summed E-state index contributed by atoms with van der Waals surface area (Å²) >= 11 is 0. The van der Waals surface area contributed by atoms with Crippen molar-refractivity contribution in [1.29, 1.82) is 5.26 Å². The quantitative estimate of drug-likeness (QED) is 0.401. The van der Waals surface area contributed by atoms with Crippen molar-refractivity contribution in [1.82, 2.24) is 14.6 Å². The number of aromatic amines is 1. The second kappa shape index (κ2) is 8.31. The molecule has 10 heteroatoms. The summed E-state index contributed by atoms with van der Waals surface area (Å²) in [6.45, 7) is 0. The highest BCUT2D eigenvalue weighted by Crippen LogP contribution is 2.43. The van der Waals surface area contributed by atoms with Crippen LogP contribution in [-0.2, 0) is 0 Å². The number of H-pyrrole nitrogens is 1. The van der Waals surface area contributed by atoms with E-state index in [1.165, 1.54) is 20.4 Å². The number of nitriles is 1. The average molecular weight is 435 g/mol. The van der Waals surface area contributed by atoms with Gasteiger partial charge in [-0.2, -0.15) is 14.9 Å². The summed E-state index contributed by atoms with van der Waals surface area (Å²) in [6.07, 6.45) is 1.47. The Hall–Kier alpha value is -4.52. The summed E-state index contributed by atoms with van der Waals surface area (Å²) in [5, 5.41) is 27.6. The van der Waals surface area contributed by atoms with Crippen LogP contribution in [0.1, 0.15) is 5.56 Å². The van der Waals surface area contributed by atoms with Gasteiger partial charge in [0.05, 0.1) is 40.3 Å². The molecule has 0 aliphatic rings. The molecule has 0 aliphatic heterocycles. The molecular weight excluding hydrogens is 414 g/mol. The molecule has 32 heavy (non-hydrogen) atoms. The minimum atomic E-state index is -0.0911. The number of aromatic hydroxyl groups is 1. The lowest BCUT2D eigenvalue weighted by atomic mass is 10.1. The van der Waals surface area contributed by atoms with Crippen molar-refractivity contribution in [2.24, 2.45) is 0 Å². The van der Waals surface area contributed by atoms with Crippen molar-refractivity contribution in [2.75, 3.05) is 33.8 Å². The zero-order valence-electron chi connectivity index (χ0n) is 17.9. The third-order valence-electron chi connectivity index (χ3n) is 4.98. The van der Waals surface area contributed by atoms with E-state index in [0.717, 1.165) is 0 Å². The average Bonchev–Trinajstić information content (AvgIpc) is 3.38. The van der Waals surface area contributed by atoms with Crippen LogP contribution in [0.2, 0.25) is 0 Å². The number of anilines is 2. The number of aromatic nitrogens is 3. The molecule has 0 atom stereocenters. The number of imidazole rings is 1. The lowest BCUT2D eigenvalue weighted by Gasteiger charge is -2.14. The minimum Gasteiger partial charge on any atom is -0.504 e. The Morgan fingerprint density at radius 1 is 1.00 bits per heavy atom. The summed E-state index contributed by atoms with van der Waals surface area (Å²) in [6, 6.07) is 10.8. The van der Waals surface area contributed by atoms with Crippen molar-refractivity contribution < 1.29 is 24.1 Å². The van der Waals surface area contributed by atoms with E-state index >= 15 is 0 Å². The summed E-state index contributed by atoms with van der Waals surface area (Å²) in [5.41, 5.74) is 2.74. The van der Waals surface area contributed by atoms with Gasteiger partial charge in [-0.3, -0.25) is 0 Å². The molecule has 0 unspecified atom stereocenters. The lowest BCUT2D eigenvalue weighted by molar-refractivity contribution is 0.333. The summed E-state index contributed by atoms with van der Waals surface area (Å²) in [4.78, 5) is 3.22. The van der Waals surface area contributed by atoms with Crippen molar-refractivity contribution in [3.05, 3.63) is 42.1 Å². The predicted molar refractivity (Wildman–Crippen MR) is 117 cm³/mol. The molecule has 0 amide bonds. The van der Waals surface area contributed by atoms with Gasteiger partial charge < -0.3 is 34.4 Å². The van der Waals surface area contributed by atoms with E-state index in [-0.39, 0.29) is 11.5 Å². The van der Waals surface area contributed by atoms with E-state index in [9.17, 15) is 10.4 Å². The van der Waals surface area contributed by atoms with E-state index in [1.807, 2.05) is 6.07 Å². The molecule has 0 saturated heterocycles. The fraction of sp³-hybridized carbons (Fsp3) is 0.182. The number of nitrogens with one attached hydrogen (secondary N) is 2. The molecule has 0 radical (unpaired) electrons. The van der Waals surface area contributed by atoms with Crippen LogP contribution in [0.5, 0.6) is 28.7 Å². The number of benzene rings is 2. The van der Waals surface area contributed by atoms with Gasteiger partial charge in [0.2, 0.25) is 5.75 Å². The van der Waals surface area contributed by atoms with E-state index in [0.29, 0.717) is 51.2 Å². The maximum Gasteiger partial charge on any atom is 0.203 e. The molecule has 4 rings (SSSR count). The van der Waals surface area contributed by atoms with E-state index in [2.05, 4.69) is 21.5 Å². The topological polar surface area (TPSA) is 126 Å². The van der Waals surface area contributed by atoms with Gasteiger partial charge >= 0.3 is 0 Å². The SMILES string of the molecule is COc1ccc(Nc2c(-c3cc(O)c(OC)c(OC)c3)[nH]c3c(C#N)cnn23)cc1OC. The highest BCUT2D eigenvalue weighted by Gasteiger charge is 2.21. The molecule has 2 aromatic carbocycles. The number of ether oxygens (including phenoxy) is 4. The molecule has 2 heterocycles. The first-order valence-electron chi connectivity index (χ1n) is 9.48. The third-order valence-corrected chi connectivity index (χ3v) is 4.98. The van der Waals surface area contributed by atoms with Gasteiger partial charge in [0.1, 0.15) is 11.6 Å². The number of hydrogen-bond donors (Lipinski definition) is 3. The number of hydrogen-bond acceptors (Lipinski definition) is 8. The molecule has 0 bridgehead atoms. The Morgan fingerprint density at radius 2 is 1.75 bits per heavy atom. The fourth-order valence-corrected chi connectivity index (χ4v) is 3.47. The molecule has 0 saturated carbocycles. The van der Waals surface area contributed by atoms with Gasteiger partial charge in [-0.05, 0) is 24.3 Å². The highest BCUT2D eigenvalue weighted by atomic mass is 16.5. The van der Waals surface area contributed by atoms with Crippen LogP contribution in [0.4, 0.5) is 11.5 Å². The summed E-state index contributed by atoms with van der Waals surface area (Å²) in [5.74, 6) is 2.17. The molecule has 0 fully saturated rings. The Balaban J connectivity index is 1.90. The van der Waals surface area contributed by atoms with Crippen molar-refractivity contribution >= 4 is 17.2 Å². The van der Waals surface area contributed by atoms with Crippen LogP contribution in [0.15, 0.2) is 36.5 Å². The van der Waals surface area contributed by atoms with Gasteiger partial charge in [0.25, 0.3) is 0 Å². The predicted octanol–water partition coefficient (Wildman–Crippen LogP) is 3.68. The normalized spacial score (nSPS) is 10.6. The van der Waals surface area contributed by atoms with Crippen LogP contribution < -0.4 is 24.3 Å². The molecule has 3 N–H and O–H groups in total. The zero-order chi connectivity index (χ0) is 22.8. The first-order chi connectivity index (χ1) is 15.5. The molecule has 2 aromatic heterocycles. The number of phenolic OH excluding ortho intramolecular Hbond substituents is 1. The molecule has 164 valence electrons. The fourth-order valence-electron chi connectivity index (χ4n) is 3.47. The van der Waals surface area contributed by atoms with E-state index in [1.54, 1.807) is 43.0 Å². The second-order valence-electron chi connectivity index (χ2n) is 6.70. The largest absolute Gasteiger partial charge is 0.504 e. The number of rotatable bonds is 7. The van der Waals surface area contributed by atoms with E-state index in [4.69, 9.17) is 18.9 Å². The molecule has 0 spiro atoms. The van der Waals surface area contributed by atoms with Gasteiger partial charge in [-0.15, -0.1) is 0 Å². The minimum absolute atomic E-state index is 0.0911. The standard InChI is InChI=1S/C22H21N5O5/c1-29-16-6-5-14(9-17(16)30-2)25-22-19(26-21-13(10-23)11-24-27(21)22)12-7-15(28)20(32-4)18(8-12)31-3/h5-9,11,25-26,28H,1-4H3. The molecule has 4 aromatic rings. The van der Waals surface area contributed by atoms with Gasteiger partial charge in [0, 0.05) is 17.3 Å². The smallest absolute Gasteiger partial charge is 0.203 e. The van der Waals surface area contributed by atoms with Crippen molar-refractivity contribution in [3.63, 3.8) is 0 Å². The van der Waals surface area contributed by atoms with Crippen molar-refractivity contribution in [2.45, 2.75) is 0 Å². The Kier molecular flexibility index (Phi) is 5.39. The van der Waals surface area contributed by atoms with Gasteiger partial charge in [-0.1, -0.05) is 0 Å². The van der Waals surface area contributed by atoms with Crippen LogP contribution >= 0.6 is 0 Å². The van der Waals surface area contributed by atoms with E-state index < -0.39 is 0 Å². The maximum absolute atomic E-state index is 10.5. The van der Waals surface area contributed by atoms with Crippen LogP contribution in [0.25, 0.3) is 16.9 Å². The number of phenols is 1. The third kappa shape index (κ3) is 3.35. The maximum atomic E-state index is 10.5. The summed E-state index contributed by atoms with van der Waals surface area (Å²) in [7, 11) is 6.05. The van der Waals surface area contributed by atoms with Gasteiger partial charge in [0.15, 0.2) is 34.5 Å². The van der Waals surface area contributed by atoms with Gasteiger partial charge in [-0.25, -0.2) is 0 Å². The zero-order valence-corrected chi connectivity index (χ0v) is 17.9. The molecule has 0 aliphatic carbocycles. The van der Waals surface area contributed by atoms with Crippen LogP contribution in [0, 0.1) is 11.3 Å². The molecule has 10 nitrogen and oxygen atoms in total. The number of methoxy groups -OCH3 is 4. The highest BCUT2D eigenvalue weighted by molar-refractivity contribution is 5.83. The van der Waals surface area contributed by atoms with Crippen LogP contribution in [-0.4, -0.2) is 48.1 Å². The second-order valence-corrected chi connectivity index (χ2v) is 6.70. The molecular formula is C22H21N5O5. The summed E-state index contributed by atoms with van der Waals surface area (Å²) < 4.78 is 22.9. The lowest BCUT2D eigenvalue weighted by Crippen LogP contribution is -1.99. The Bertz CT molecular complexity index is 1330. The number of nitrogens with zero attached hydrogens (tertiary/aromatic N) is 3. The number of fused-ring (bicyclic) bond motifs is 1. The van der Waals surface area contributed by atoms with Crippen LogP contribution in [0.3, 0.4) is 0 Å². The monoisotopic (exact) mass is 435 g/mol.